The molecule has 0 bridgehead atoms. The normalized spacial score (nSPS) is 10.1. The van der Waals surface area contributed by atoms with Crippen LogP contribution < -0.4 is 0 Å². The summed E-state index contributed by atoms with van der Waals surface area (Å²) < 4.78 is 27.4. The van der Waals surface area contributed by atoms with Crippen molar-refractivity contribution in [2.24, 2.45) is 4.99 Å². The summed E-state index contributed by atoms with van der Waals surface area (Å²) in [6, 6.07) is 9.91. The van der Waals surface area contributed by atoms with Crippen molar-refractivity contribution in [1.82, 2.24) is 0 Å². The highest BCUT2D eigenvalue weighted by atomic mass is 19.2. The van der Waals surface area contributed by atoms with Crippen molar-refractivity contribution in [2.45, 2.75) is 0 Å². The Bertz CT molecular complexity index is 601. The fourth-order valence-electron chi connectivity index (χ4n) is 1.68. The first-order chi connectivity index (χ1) is 8.67. The quantitative estimate of drug-likeness (QED) is 0.698. The number of hydrogen-bond donors (Lipinski definition) is 0. The minimum absolute atomic E-state index is 0.0843. The summed E-state index contributed by atoms with van der Waals surface area (Å²) in [7, 11) is 0. The molecule has 0 aliphatic carbocycles. The van der Waals surface area contributed by atoms with Crippen molar-refractivity contribution in [1.29, 1.82) is 0 Å². The molecule has 0 aromatic heterocycles. The molecule has 2 aromatic rings. The highest BCUT2D eigenvalue weighted by Crippen LogP contribution is 2.29. The van der Waals surface area contributed by atoms with Crippen LogP contribution in [0.1, 0.15) is 5.56 Å². The van der Waals surface area contributed by atoms with E-state index >= 15 is 0 Å². The molecule has 0 saturated carbocycles. The SMILES string of the molecule is C=Cc1ccc(-c2ccc(N=C)c(F)c2F)cc1. The molecule has 0 unspecified atom stereocenters. The van der Waals surface area contributed by atoms with Crippen LogP contribution in [0.3, 0.4) is 0 Å². The van der Waals surface area contributed by atoms with Gasteiger partial charge in [-0.3, -0.25) is 4.99 Å². The lowest BCUT2D eigenvalue weighted by Crippen LogP contribution is -1.90. The smallest absolute Gasteiger partial charge is 0.184 e. The van der Waals surface area contributed by atoms with Crippen LogP contribution >= 0.6 is 0 Å². The van der Waals surface area contributed by atoms with Gasteiger partial charge in [0.05, 0.1) is 0 Å². The minimum atomic E-state index is -0.977. The monoisotopic (exact) mass is 243 g/mol. The first-order valence-corrected chi connectivity index (χ1v) is 5.35. The van der Waals surface area contributed by atoms with E-state index in [0.717, 1.165) is 5.56 Å². The van der Waals surface area contributed by atoms with E-state index in [0.29, 0.717) is 5.56 Å². The maximum atomic E-state index is 13.8. The average Bonchev–Trinajstić information content (AvgIpc) is 2.42. The topological polar surface area (TPSA) is 12.4 Å². The van der Waals surface area contributed by atoms with Crippen molar-refractivity contribution >= 4 is 18.5 Å². The Morgan fingerprint density at radius 3 is 2.17 bits per heavy atom. The van der Waals surface area contributed by atoms with Gasteiger partial charge in [0, 0.05) is 5.56 Å². The second-order valence-electron chi connectivity index (χ2n) is 3.74. The summed E-state index contributed by atoms with van der Waals surface area (Å²) in [6.45, 7) is 6.82. The Kier molecular flexibility index (Phi) is 3.33. The van der Waals surface area contributed by atoms with Crippen LogP contribution in [0.25, 0.3) is 17.2 Å². The Balaban J connectivity index is 2.53. The van der Waals surface area contributed by atoms with Gasteiger partial charge in [0.25, 0.3) is 0 Å². The van der Waals surface area contributed by atoms with Crippen LogP contribution in [-0.2, 0) is 0 Å². The molecule has 0 fully saturated rings. The highest BCUT2D eigenvalue weighted by Gasteiger charge is 2.13. The largest absolute Gasteiger partial charge is 0.261 e. The van der Waals surface area contributed by atoms with Gasteiger partial charge < -0.3 is 0 Å². The zero-order valence-corrected chi connectivity index (χ0v) is 9.66. The Morgan fingerprint density at radius 2 is 1.61 bits per heavy atom. The molecule has 18 heavy (non-hydrogen) atoms. The van der Waals surface area contributed by atoms with Crippen molar-refractivity contribution in [3.8, 4) is 11.1 Å². The van der Waals surface area contributed by atoms with E-state index in [1.54, 1.807) is 30.3 Å². The first kappa shape index (κ1) is 12.2. The predicted octanol–water partition coefficient (Wildman–Crippen LogP) is 4.61. The standard InChI is InChI=1S/C15H11F2N/c1-3-10-4-6-11(7-5-10)12-8-9-13(18-2)15(17)14(12)16/h3-9H,1-2H2. The van der Waals surface area contributed by atoms with E-state index in [1.807, 2.05) is 0 Å². The number of halogens is 2. The molecule has 0 spiro atoms. The van der Waals surface area contributed by atoms with Gasteiger partial charge in [0.1, 0.15) is 5.69 Å². The molecule has 1 nitrogen and oxygen atoms in total. The van der Waals surface area contributed by atoms with E-state index in [-0.39, 0.29) is 11.3 Å². The third-order valence-electron chi connectivity index (χ3n) is 2.69. The summed E-state index contributed by atoms with van der Waals surface area (Å²) in [4.78, 5) is 3.41. The molecule has 0 saturated heterocycles. The highest BCUT2D eigenvalue weighted by molar-refractivity contribution is 5.68. The maximum absolute atomic E-state index is 13.8. The van der Waals surface area contributed by atoms with Crippen molar-refractivity contribution in [2.75, 3.05) is 0 Å². The predicted molar refractivity (Wildman–Crippen MR) is 71.1 cm³/mol. The number of nitrogens with zero attached hydrogens (tertiary/aromatic N) is 1. The summed E-state index contributed by atoms with van der Waals surface area (Å²) in [5.41, 5.74) is 1.64. The summed E-state index contributed by atoms with van der Waals surface area (Å²) >= 11 is 0. The zero-order valence-electron chi connectivity index (χ0n) is 9.66. The molecular weight excluding hydrogens is 232 g/mol. The Hall–Kier alpha value is -2.29. The summed E-state index contributed by atoms with van der Waals surface area (Å²) in [5.74, 6) is -1.89. The molecule has 2 aromatic carbocycles. The van der Waals surface area contributed by atoms with Gasteiger partial charge in [0.15, 0.2) is 11.6 Å². The molecule has 0 radical (unpaired) electrons. The van der Waals surface area contributed by atoms with E-state index in [9.17, 15) is 8.78 Å². The molecule has 0 heterocycles. The van der Waals surface area contributed by atoms with Crippen LogP contribution in [0.4, 0.5) is 14.5 Å². The van der Waals surface area contributed by atoms with Gasteiger partial charge in [-0.25, -0.2) is 8.78 Å². The van der Waals surface area contributed by atoms with Crippen LogP contribution in [0, 0.1) is 11.6 Å². The van der Waals surface area contributed by atoms with E-state index in [2.05, 4.69) is 18.3 Å². The lowest BCUT2D eigenvalue weighted by Gasteiger charge is -2.06. The van der Waals surface area contributed by atoms with Crippen LogP contribution in [-0.4, -0.2) is 6.72 Å². The van der Waals surface area contributed by atoms with Crippen LogP contribution in [0.15, 0.2) is 48.0 Å². The second kappa shape index (κ2) is 4.92. The molecular formula is C15H11F2N. The third-order valence-corrected chi connectivity index (χ3v) is 2.69. The van der Waals surface area contributed by atoms with E-state index < -0.39 is 11.6 Å². The summed E-state index contributed by atoms with van der Waals surface area (Å²) in [5, 5.41) is 0. The Labute approximate surface area is 104 Å². The fourth-order valence-corrected chi connectivity index (χ4v) is 1.68. The third kappa shape index (κ3) is 2.07. The fraction of sp³-hybridized carbons (Fsp3) is 0. The number of rotatable bonds is 3. The van der Waals surface area contributed by atoms with Gasteiger partial charge in [-0.2, -0.15) is 0 Å². The molecule has 0 aliphatic heterocycles. The summed E-state index contributed by atoms with van der Waals surface area (Å²) in [6.07, 6.45) is 1.69. The zero-order chi connectivity index (χ0) is 13.1. The van der Waals surface area contributed by atoms with Crippen molar-refractivity contribution in [3.05, 3.63) is 60.2 Å². The number of aliphatic imine (C=N–C) groups is 1. The van der Waals surface area contributed by atoms with Crippen molar-refractivity contribution < 1.29 is 8.78 Å². The second-order valence-corrected chi connectivity index (χ2v) is 3.74. The van der Waals surface area contributed by atoms with E-state index in [1.165, 1.54) is 12.1 Å². The average molecular weight is 243 g/mol. The van der Waals surface area contributed by atoms with Gasteiger partial charge in [-0.05, 0) is 30.0 Å². The molecule has 2 rings (SSSR count). The van der Waals surface area contributed by atoms with Crippen LogP contribution in [0.2, 0.25) is 0 Å². The molecule has 0 amide bonds. The number of hydrogen-bond acceptors (Lipinski definition) is 1. The van der Waals surface area contributed by atoms with Gasteiger partial charge in [-0.1, -0.05) is 36.9 Å². The molecule has 0 aliphatic rings. The van der Waals surface area contributed by atoms with Crippen molar-refractivity contribution in [3.63, 3.8) is 0 Å². The first-order valence-electron chi connectivity index (χ1n) is 5.35. The molecule has 0 atom stereocenters. The minimum Gasteiger partial charge on any atom is -0.261 e. The van der Waals surface area contributed by atoms with Gasteiger partial charge >= 0.3 is 0 Å². The van der Waals surface area contributed by atoms with E-state index in [4.69, 9.17) is 0 Å². The van der Waals surface area contributed by atoms with Crippen LogP contribution in [0.5, 0.6) is 0 Å². The lowest BCUT2D eigenvalue weighted by atomic mass is 10.0. The maximum Gasteiger partial charge on any atom is 0.184 e. The van der Waals surface area contributed by atoms with Gasteiger partial charge in [-0.15, -0.1) is 0 Å². The molecule has 3 heteroatoms. The lowest BCUT2D eigenvalue weighted by molar-refractivity contribution is 0.513. The number of benzene rings is 2. The Morgan fingerprint density at radius 1 is 0.944 bits per heavy atom. The molecule has 0 N–H and O–H groups in total. The molecule has 90 valence electrons. The van der Waals surface area contributed by atoms with Gasteiger partial charge in [0.2, 0.25) is 0 Å².